The summed E-state index contributed by atoms with van der Waals surface area (Å²) >= 11 is 0. The number of carboxylic acid groups (broad SMARTS) is 1. The number of hydrogen-bond acceptors (Lipinski definition) is 2. The van der Waals surface area contributed by atoms with Crippen molar-refractivity contribution in [1.82, 2.24) is 4.90 Å². The van der Waals surface area contributed by atoms with E-state index in [2.05, 4.69) is 0 Å². The molecule has 19 heavy (non-hydrogen) atoms. The van der Waals surface area contributed by atoms with Crippen molar-refractivity contribution in [3.63, 3.8) is 0 Å². The third kappa shape index (κ3) is 3.53. The smallest absolute Gasteiger partial charge is 0.308 e. The van der Waals surface area contributed by atoms with Gasteiger partial charge >= 0.3 is 5.97 Å². The van der Waals surface area contributed by atoms with Gasteiger partial charge in [-0.05, 0) is 44.1 Å². The zero-order valence-electron chi connectivity index (χ0n) is 12.1. The Morgan fingerprint density at radius 3 is 2.26 bits per heavy atom. The van der Waals surface area contributed by atoms with Crippen LogP contribution < -0.4 is 0 Å². The molecule has 0 spiro atoms. The summed E-state index contributed by atoms with van der Waals surface area (Å²) < 4.78 is 13.4. The lowest BCUT2D eigenvalue weighted by Gasteiger charge is -2.32. The van der Waals surface area contributed by atoms with Crippen molar-refractivity contribution in [3.8, 4) is 0 Å². The Morgan fingerprint density at radius 1 is 1.32 bits per heavy atom. The van der Waals surface area contributed by atoms with Crippen LogP contribution in [0.5, 0.6) is 0 Å². The first-order chi connectivity index (χ1) is 8.75. The molecule has 0 aliphatic heterocycles. The van der Waals surface area contributed by atoms with Crippen LogP contribution in [-0.2, 0) is 4.79 Å². The summed E-state index contributed by atoms with van der Waals surface area (Å²) in [5, 5.41) is 9.45. The van der Waals surface area contributed by atoms with Gasteiger partial charge in [0.15, 0.2) is 0 Å². The van der Waals surface area contributed by atoms with Crippen LogP contribution in [0.3, 0.4) is 0 Å². The number of aliphatic carboxylic acids is 1. The second kappa shape index (κ2) is 6.15. The Bertz CT molecular complexity index is 457. The van der Waals surface area contributed by atoms with Crippen LogP contribution in [0.2, 0.25) is 0 Å². The maximum Gasteiger partial charge on any atom is 0.308 e. The third-order valence-electron chi connectivity index (χ3n) is 3.42. The molecule has 0 fully saturated rings. The van der Waals surface area contributed by atoms with Crippen molar-refractivity contribution in [1.29, 1.82) is 0 Å². The number of nitrogens with zero attached hydrogens (tertiary/aromatic N) is 1. The number of halogens is 1. The van der Waals surface area contributed by atoms with Crippen LogP contribution in [0.15, 0.2) is 18.2 Å². The van der Waals surface area contributed by atoms with E-state index >= 15 is 0 Å². The Balaban J connectivity index is 3.26. The van der Waals surface area contributed by atoms with Crippen molar-refractivity contribution in [2.75, 3.05) is 14.1 Å². The van der Waals surface area contributed by atoms with Gasteiger partial charge in [-0.3, -0.25) is 4.79 Å². The highest BCUT2D eigenvalue weighted by atomic mass is 19.1. The molecule has 3 nitrogen and oxygen atoms in total. The highest BCUT2D eigenvalue weighted by Gasteiger charge is 2.33. The Kier molecular flexibility index (Phi) is 5.06. The summed E-state index contributed by atoms with van der Waals surface area (Å²) in [6.45, 7) is 5.48. The molecule has 0 saturated heterocycles. The molecule has 0 heterocycles. The molecular weight excluding hydrogens is 245 g/mol. The van der Waals surface area contributed by atoms with Gasteiger partial charge in [-0.1, -0.05) is 26.0 Å². The Morgan fingerprint density at radius 2 is 1.89 bits per heavy atom. The lowest BCUT2D eigenvalue weighted by Crippen LogP contribution is -2.35. The van der Waals surface area contributed by atoms with Gasteiger partial charge in [-0.25, -0.2) is 4.39 Å². The molecule has 1 aromatic carbocycles. The van der Waals surface area contributed by atoms with Crippen LogP contribution in [0, 0.1) is 24.6 Å². The molecule has 4 heteroatoms. The van der Waals surface area contributed by atoms with Crippen molar-refractivity contribution < 1.29 is 14.3 Å². The largest absolute Gasteiger partial charge is 0.481 e. The average Bonchev–Trinajstić information content (AvgIpc) is 2.28. The molecule has 0 aromatic heterocycles. The number of aryl methyl sites for hydroxylation is 1. The number of carbonyl (C=O) groups is 1. The van der Waals surface area contributed by atoms with Crippen LogP contribution in [0.25, 0.3) is 0 Å². The topological polar surface area (TPSA) is 40.5 Å². The molecule has 0 bridgehead atoms. The van der Waals surface area contributed by atoms with Gasteiger partial charge in [0.25, 0.3) is 0 Å². The predicted molar refractivity (Wildman–Crippen MR) is 73.5 cm³/mol. The minimum atomic E-state index is -0.823. The lowest BCUT2D eigenvalue weighted by atomic mass is 9.83. The van der Waals surface area contributed by atoms with Crippen molar-refractivity contribution in [3.05, 3.63) is 35.1 Å². The minimum Gasteiger partial charge on any atom is -0.481 e. The number of rotatable bonds is 5. The fraction of sp³-hybridized carbons (Fsp3) is 0.533. The minimum absolute atomic E-state index is 0.00439. The molecule has 0 radical (unpaired) electrons. The SMILES string of the molecule is Cc1cc(C(C(C(=O)O)C(C)C)N(C)C)ccc1F. The molecule has 0 saturated carbocycles. The van der Waals surface area contributed by atoms with E-state index in [-0.39, 0.29) is 17.8 Å². The molecule has 1 rings (SSSR count). The summed E-state index contributed by atoms with van der Waals surface area (Å²) in [7, 11) is 3.70. The van der Waals surface area contributed by atoms with Crippen LogP contribution >= 0.6 is 0 Å². The van der Waals surface area contributed by atoms with Gasteiger partial charge in [-0.2, -0.15) is 0 Å². The maximum atomic E-state index is 13.4. The molecular formula is C15H22FNO2. The highest BCUT2D eigenvalue weighted by molar-refractivity contribution is 5.71. The molecule has 2 unspecified atom stereocenters. The first kappa shape index (κ1) is 15.6. The normalized spacial score (nSPS) is 14.7. The summed E-state index contributed by atoms with van der Waals surface area (Å²) in [5.74, 6) is -1.62. The third-order valence-corrected chi connectivity index (χ3v) is 3.42. The summed E-state index contributed by atoms with van der Waals surface area (Å²) in [4.78, 5) is 13.4. The van der Waals surface area contributed by atoms with Gasteiger partial charge in [0.05, 0.1) is 5.92 Å². The fourth-order valence-corrected chi connectivity index (χ4v) is 2.46. The van der Waals surface area contributed by atoms with Crippen LogP contribution in [0.1, 0.15) is 31.0 Å². The molecule has 1 aromatic rings. The van der Waals surface area contributed by atoms with Crippen molar-refractivity contribution in [2.45, 2.75) is 26.8 Å². The molecule has 106 valence electrons. The van der Waals surface area contributed by atoms with E-state index in [1.807, 2.05) is 32.8 Å². The Labute approximate surface area is 114 Å². The summed E-state index contributed by atoms with van der Waals surface area (Å²) in [5.41, 5.74) is 1.38. The van der Waals surface area contributed by atoms with Gasteiger partial charge in [-0.15, -0.1) is 0 Å². The van der Waals surface area contributed by atoms with Gasteiger partial charge in [0.1, 0.15) is 5.82 Å². The number of hydrogen-bond donors (Lipinski definition) is 1. The van der Waals surface area contributed by atoms with E-state index in [1.165, 1.54) is 6.07 Å². The van der Waals surface area contributed by atoms with Crippen molar-refractivity contribution >= 4 is 5.97 Å². The average molecular weight is 267 g/mol. The van der Waals surface area contributed by atoms with E-state index in [0.29, 0.717) is 5.56 Å². The second-order valence-electron chi connectivity index (χ2n) is 5.53. The number of benzene rings is 1. The molecule has 0 amide bonds. The molecule has 1 N–H and O–H groups in total. The van der Waals surface area contributed by atoms with E-state index in [0.717, 1.165) is 5.56 Å². The van der Waals surface area contributed by atoms with E-state index in [4.69, 9.17) is 0 Å². The van der Waals surface area contributed by atoms with Gasteiger partial charge < -0.3 is 10.0 Å². The lowest BCUT2D eigenvalue weighted by molar-refractivity contribution is -0.146. The van der Waals surface area contributed by atoms with Gasteiger partial charge in [0.2, 0.25) is 0 Å². The van der Waals surface area contributed by atoms with Crippen LogP contribution in [-0.4, -0.2) is 30.1 Å². The van der Waals surface area contributed by atoms with E-state index < -0.39 is 11.9 Å². The zero-order chi connectivity index (χ0) is 14.7. The number of carboxylic acids is 1. The fourth-order valence-electron chi connectivity index (χ4n) is 2.46. The summed E-state index contributed by atoms with van der Waals surface area (Å²) in [6, 6.07) is 4.54. The standard InChI is InChI=1S/C15H22FNO2/c1-9(2)13(15(18)19)14(17(4)5)11-6-7-12(16)10(3)8-11/h6-9,13-14H,1-5H3,(H,18,19). The first-order valence-electron chi connectivity index (χ1n) is 6.41. The molecule has 0 aliphatic rings. The molecule has 2 atom stereocenters. The monoisotopic (exact) mass is 267 g/mol. The first-order valence-corrected chi connectivity index (χ1v) is 6.41. The molecule has 0 aliphatic carbocycles. The second-order valence-corrected chi connectivity index (χ2v) is 5.53. The van der Waals surface area contributed by atoms with Crippen LogP contribution in [0.4, 0.5) is 4.39 Å². The summed E-state index contributed by atoms with van der Waals surface area (Å²) in [6.07, 6.45) is 0. The van der Waals surface area contributed by atoms with Crippen molar-refractivity contribution in [2.24, 2.45) is 11.8 Å². The predicted octanol–water partition coefficient (Wildman–Crippen LogP) is 3.09. The van der Waals surface area contributed by atoms with Gasteiger partial charge in [0, 0.05) is 6.04 Å². The quantitative estimate of drug-likeness (QED) is 0.891. The van der Waals surface area contributed by atoms with E-state index in [9.17, 15) is 14.3 Å². The Hall–Kier alpha value is -1.42. The zero-order valence-corrected chi connectivity index (χ0v) is 12.1. The van der Waals surface area contributed by atoms with E-state index in [1.54, 1.807) is 19.1 Å². The maximum absolute atomic E-state index is 13.4. The highest BCUT2D eigenvalue weighted by Crippen LogP contribution is 2.33.